The van der Waals surface area contributed by atoms with Gasteiger partial charge in [0, 0.05) is 13.7 Å². The minimum Gasteiger partial charge on any atom is -0.383 e. The lowest BCUT2D eigenvalue weighted by molar-refractivity contribution is 0.177. The molecule has 0 aliphatic carbocycles. The molecule has 0 amide bonds. The molecule has 0 saturated carbocycles. The molecule has 1 aromatic rings. The Labute approximate surface area is 82.0 Å². The molecule has 1 rings (SSSR count). The number of halogens is 1. The molecule has 1 aromatic heterocycles. The van der Waals surface area contributed by atoms with Crippen molar-refractivity contribution >= 4 is 0 Å². The van der Waals surface area contributed by atoms with Crippen LogP contribution in [0.5, 0.6) is 0 Å². The van der Waals surface area contributed by atoms with Crippen LogP contribution in [0.4, 0.5) is 4.39 Å². The Balaban J connectivity index is 2.61. The number of nitrogens with two attached hydrogens (primary N) is 1. The van der Waals surface area contributed by atoms with Crippen LogP contribution in [-0.2, 0) is 11.3 Å². The van der Waals surface area contributed by atoms with Gasteiger partial charge in [-0.05, 0) is 6.42 Å². The van der Waals surface area contributed by atoms with Crippen LogP contribution in [0.1, 0.15) is 18.2 Å². The Kier molecular flexibility index (Phi) is 4.48. The molecule has 2 N–H and O–H groups in total. The molecule has 1 atom stereocenters. The highest BCUT2D eigenvalue weighted by atomic mass is 19.1. The van der Waals surface area contributed by atoms with Gasteiger partial charge in [-0.3, -0.25) is 4.39 Å². The van der Waals surface area contributed by atoms with Crippen molar-refractivity contribution in [1.82, 2.24) is 15.0 Å². The maximum Gasteiger partial charge on any atom is 0.0912 e. The van der Waals surface area contributed by atoms with Gasteiger partial charge in [0.05, 0.1) is 31.2 Å². The van der Waals surface area contributed by atoms with E-state index in [1.807, 2.05) is 0 Å². The van der Waals surface area contributed by atoms with E-state index in [1.165, 1.54) is 0 Å². The van der Waals surface area contributed by atoms with E-state index in [0.717, 1.165) is 5.69 Å². The summed E-state index contributed by atoms with van der Waals surface area (Å²) in [6.07, 6.45) is 2.01. The van der Waals surface area contributed by atoms with Crippen LogP contribution in [0, 0.1) is 0 Å². The number of ether oxygens (including phenoxy) is 1. The highest BCUT2D eigenvalue weighted by Crippen LogP contribution is 2.08. The van der Waals surface area contributed by atoms with E-state index in [0.29, 0.717) is 19.6 Å². The van der Waals surface area contributed by atoms with Gasteiger partial charge in [-0.15, -0.1) is 5.10 Å². The molecule has 0 aliphatic rings. The Hall–Kier alpha value is -1.01. The fraction of sp³-hybridized carbons (Fsp3) is 0.750. The van der Waals surface area contributed by atoms with Gasteiger partial charge < -0.3 is 10.5 Å². The zero-order valence-electron chi connectivity index (χ0n) is 8.19. The summed E-state index contributed by atoms with van der Waals surface area (Å²) in [5.74, 6) is 0. The SMILES string of the molecule is COC[C@@H](N)c1cnnn1CCCF. The second kappa shape index (κ2) is 5.66. The Bertz CT molecular complexity index is 266. The lowest BCUT2D eigenvalue weighted by Gasteiger charge is -2.11. The van der Waals surface area contributed by atoms with Crippen LogP contribution in [0.3, 0.4) is 0 Å². The van der Waals surface area contributed by atoms with E-state index in [2.05, 4.69) is 10.3 Å². The van der Waals surface area contributed by atoms with E-state index in [9.17, 15) is 4.39 Å². The first kappa shape index (κ1) is 11.1. The van der Waals surface area contributed by atoms with Gasteiger partial charge in [-0.2, -0.15) is 0 Å². The molecule has 1 heterocycles. The highest BCUT2D eigenvalue weighted by Gasteiger charge is 2.11. The Morgan fingerprint density at radius 3 is 3.14 bits per heavy atom. The predicted octanol–water partition coefficient (Wildman–Crippen LogP) is 0.284. The third-order valence-electron chi connectivity index (χ3n) is 1.88. The Morgan fingerprint density at radius 1 is 1.71 bits per heavy atom. The van der Waals surface area contributed by atoms with E-state index in [1.54, 1.807) is 18.0 Å². The van der Waals surface area contributed by atoms with Gasteiger partial charge in [0.1, 0.15) is 0 Å². The molecule has 0 spiro atoms. The first-order valence-electron chi connectivity index (χ1n) is 4.48. The number of nitrogens with zero attached hydrogens (tertiary/aromatic N) is 3. The largest absolute Gasteiger partial charge is 0.383 e. The maximum atomic E-state index is 11.9. The van der Waals surface area contributed by atoms with Crippen molar-refractivity contribution in [3.63, 3.8) is 0 Å². The number of methoxy groups -OCH3 is 1. The summed E-state index contributed by atoms with van der Waals surface area (Å²) < 4.78 is 18.5. The van der Waals surface area contributed by atoms with E-state index in [-0.39, 0.29) is 12.7 Å². The summed E-state index contributed by atoms with van der Waals surface area (Å²) in [5, 5.41) is 7.55. The summed E-state index contributed by atoms with van der Waals surface area (Å²) in [6.45, 7) is 0.547. The van der Waals surface area contributed by atoms with Crippen molar-refractivity contribution in [1.29, 1.82) is 0 Å². The fourth-order valence-electron chi connectivity index (χ4n) is 1.20. The number of hydrogen-bond donors (Lipinski definition) is 1. The average molecular weight is 202 g/mol. The molecular weight excluding hydrogens is 187 g/mol. The van der Waals surface area contributed by atoms with Crippen molar-refractivity contribution in [2.45, 2.75) is 19.0 Å². The summed E-state index contributed by atoms with van der Waals surface area (Å²) >= 11 is 0. The summed E-state index contributed by atoms with van der Waals surface area (Å²) in [7, 11) is 1.58. The molecule has 0 unspecified atom stereocenters. The van der Waals surface area contributed by atoms with Crippen molar-refractivity contribution in [3.8, 4) is 0 Å². The third kappa shape index (κ3) is 2.74. The molecule has 0 radical (unpaired) electrons. The van der Waals surface area contributed by atoms with Crippen LogP contribution in [0.15, 0.2) is 6.20 Å². The minimum atomic E-state index is -0.362. The van der Waals surface area contributed by atoms with Crippen LogP contribution in [0.2, 0.25) is 0 Å². The summed E-state index contributed by atoms with van der Waals surface area (Å²) in [4.78, 5) is 0. The van der Waals surface area contributed by atoms with Crippen molar-refractivity contribution < 1.29 is 9.13 Å². The number of aromatic nitrogens is 3. The molecule has 80 valence electrons. The fourth-order valence-corrected chi connectivity index (χ4v) is 1.20. The number of hydrogen-bond acceptors (Lipinski definition) is 4. The van der Waals surface area contributed by atoms with Gasteiger partial charge in [0.25, 0.3) is 0 Å². The first-order valence-corrected chi connectivity index (χ1v) is 4.48. The van der Waals surface area contributed by atoms with Gasteiger partial charge >= 0.3 is 0 Å². The molecule has 14 heavy (non-hydrogen) atoms. The van der Waals surface area contributed by atoms with Gasteiger partial charge in [0.2, 0.25) is 0 Å². The van der Waals surface area contributed by atoms with Crippen LogP contribution in [0.25, 0.3) is 0 Å². The topological polar surface area (TPSA) is 66.0 Å². The molecule has 0 aliphatic heterocycles. The lowest BCUT2D eigenvalue weighted by atomic mass is 10.2. The highest BCUT2D eigenvalue weighted by molar-refractivity contribution is 5.01. The lowest BCUT2D eigenvalue weighted by Crippen LogP contribution is -2.20. The average Bonchev–Trinajstić information content (AvgIpc) is 2.63. The first-order chi connectivity index (χ1) is 6.79. The van der Waals surface area contributed by atoms with Crippen LogP contribution in [-0.4, -0.2) is 35.4 Å². The van der Waals surface area contributed by atoms with Gasteiger partial charge in [-0.1, -0.05) is 5.21 Å². The second-order valence-corrected chi connectivity index (χ2v) is 2.99. The van der Waals surface area contributed by atoms with Gasteiger partial charge in [0.15, 0.2) is 0 Å². The van der Waals surface area contributed by atoms with Crippen molar-refractivity contribution in [3.05, 3.63) is 11.9 Å². The van der Waals surface area contributed by atoms with E-state index >= 15 is 0 Å². The minimum absolute atomic E-state index is 0.255. The standard InChI is InChI=1S/C8H15FN4O/c1-14-6-7(10)8-5-11-12-13(8)4-2-3-9/h5,7H,2-4,6,10H2,1H3/t7-/m1/s1. The van der Waals surface area contributed by atoms with Crippen molar-refractivity contribution in [2.75, 3.05) is 20.4 Å². The zero-order valence-corrected chi connectivity index (χ0v) is 8.19. The maximum absolute atomic E-state index is 11.9. The van der Waals surface area contributed by atoms with E-state index < -0.39 is 0 Å². The van der Waals surface area contributed by atoms with Gasteiger partial charge in [-0.25, -0.2) is 4.68 Å². The van der Waals surface area contributed by atoms with Crippen LogP contribution < -0.4 is 5.73 Å². The number of rotatable bonds is 6. The molecule has 0 fully saturated rings. The molecular formula is C8H15FN4O. The monoisotopic (exact) mass is 202 g/mol. The molecule has 6 heteroatoms. The second-order valence-electron chi connectivity index (χ2n) is 2.99. The van der Waals surface area contributed by atoms with Crippen LogP contribution >= 0.6 is 0 Å². The van der Waals surface area contributed by atoms with E-state index in [4.69, 9.17) is 10.5 Å². The number of alkyl halides is 1. The predicted molar refractivity (Wildman–Crippen MR) is 49.4 cm³/mol. The quantitative estimate of drug-likeness (QED) is 0.719. The Morgan fingerprint density at radius 2 is 2.50 bits per heavy atom. The molecule has 0 bridgehead atoms. The smallest absolute Gasteiger partial charge is 0.0912 e. The molecule has 5 nitrogen and oxygen atoms in total. The summed E-state index contributed by atoms with van der Waals surface area (Å²) in [6, 6.07) is -0.255. The molecule has 0 saturated heterocycles. The van der Waals surface area contributed by atoms with Crippen molar-refractivity contribution in [2.24, 2.45) is 5.73 Å². The number of aryl methyl sites for hydroxylation is 1. The normalized spacial score (nSPS) is 13.1. The zero-order chi connectivity index (χ0) is 10.4. The third-order valence-corrected chi connectivity index (χ3v) is 1.88. The molecule has 0 aromatic carbocycles. The summed E-state index contributed by atoms with van der Waals surface area (Å²) in [5.41, 5.74) is 6.58.